The molecular formula is C11H16O. The molecule has 66 valence electrons. The van der Waals surface area contributed by atoms with Gasteiger partial charge in [0.05, 0.1) is 12.4 Å². The van der Waals surface area contributed by atoms with Crippen LogP contribution in [0, 0.1) is 0 Å². The van der Waals surface area contributed by atoms with Crippen molar-refractivity contribution in [2.45, 2.75) is 26.7 Å². The van der Waals surface area contributed by atoms with Crippen molar-refractivity contribution >= 4 is 0 Å². The lowest BCUT2D eigenvalue weighted by atomic mass is 10.1. The third-order valence-corrected chi connectivity index (χ3v) is 1.86. The molecule has 0 N–H and O–H groups in total. The quantitative estimate of drug-likeness (QED) is 0.582. The Bertz CT molecular complexity index is 221. The van der Waals surface area contributed by atoms with Gasteiger partial charge in [0.2, 0.25) is 0 Å². The van der Waals surface area contributed by atoms with Crippen molar-refractivity contribution in [3.8, 4) is 0 Å². The van der Waals surface area contributed by atoms with Crippen LogP contribution >= 0.6 is 0 Å². The van der Waals surface area contributed by atoms with Crippen molar-refractivity contribution in [3.63, 3.8) is 0 Å². The summed E-state index contributed by atoms with van der Waals surface area (Å²) < 4.78 is 5.53. The van der Waals surface area contributed by atoms with Crippen LogP contribution in [0.2, 0.25) is 0 Å². The van der Waals surface area contributed by atoms with E-state index in [0.29, 0.717) is 0 Å². The summed E-state index contributed by atoms with van der Waals surface area (Å²) in [5.41, 5.74) is 1.30. The van der Waals surface area contributed by atoms with Gasteiger partial charge in [-0.1, -0.05) is 31.2 Å². The summed E-state index contributed by atoms with van der Waals surface area (Å²) in [4.78, 5) is 0. The van der Waals surface area contributed by atoms with Gasteiger partial charge in [-0.2, -0.15) is 0 Å². The van der Waals surface area contributed by atoms with E-state index in [0.717, 1.165) is 25.2 Å². The zero-order chi connectivity index (χ0) is 8.81. The fraction of sp³-hybridized carbons (Fsp3) is 0.455. The van der Waals surface area contributed by atoms with Gasteiger partial charge in [-0.3, -0.25) is 0 Å². The van der Waals surface area contributed by atoms with Crippen molar-refractivity contribution in [1.82, 2.24) is 0 Å². The predicted molar refractivity (Wildman–Crippen MR) is 51.8 cm³/mol. The Morgan fingerprint density at radius 1 is 1.50 bits per heavy atom. The maximum atomic E-state index is 5.53. The summed E-state index contributed by atoms with van der Waals surface area (Å²) in [5, 5.41) is 0. The smallest absolute Gasteiger partial charge is 0.0963 e. The van der Waals surface area contributed by atoms with Crippen molar-refractivity contribution < 1.29 is 4.74 Å². The molecule has 1 aliphatic carbocycles. The Hall–Kier alpha value is -0.980. The molecule has 0 unspecified atom stereocenters. The van der Waals surface area contributed by atoms with Gasteiger partial charge in [-0.25, -0.2) is 0 Å². The van der Waals surface area contributed by atoms with Crippen molar-refractivity contribution in [2.75, 3.05) is 6.61 Å². The topological polar surface area (TPSA) is 9.23 Å². The predicted octanol–water partition coefficient (Wildman–Crippen LogP) is 3.20. The lowest BCUT2D eigenvalue weighted by Gasteiger charge is -2.09. The van der Waals surface area contributed by atoms with Gasteiger partial charge >= 0.3 is 0 Å². The summed E-state index contributed by atoms with van der Waals surface area (Å²) in [6.07, 6.45) is 10.5. The Morgan fingerprint density at radius 3 is 2.92 bits per heavy atom. The normalized spacial score (nSPS) is 19.5. The van der Waals surface area contributed by atoms with Crippen LogP contribution in [0.5, 0.6) is 0 Å². The fourth-order valence-electron chi connectivity index (χ4n) is 1.12. The molecule has 0 aliphatic heterocycles. The van der Waals surface area contributed by atoms with Gasteiger partial charge in [-0.15, -0.1) is 0 Å². The molecule has 0 radical (unpaired) electrons. The molecule has 0 aromatic rings. The van der Waals surface area contributed by atoms with Crippen molar-refractivity contribution in [3.05, 3.63) is 35.6 Å². The highest BCUT2D eigenvalue weighted by molar-refractivity contribution is 5.31. The van der Waals surface area contributed by atoms with Crippen LogP contribution in [-0.4, -0.2) is 6.61 Å². The zero-order valence-electron chi connectivity index (χ0n) is 7.84. The number of rotatable bonds is 3. The average molecular weight is 164 g/mol. The van der Waals surface area contributed by atoms with Gasteiger partial charge in [0, 0.05) is 0 Å². The minimum atomic E-state index is 0.826. The minimum Gasteiger partial charge on any atom is -0.498 e. The highest BCUT2D eigenvalue weighted by Gasteiger charge is 1.99. The molecule has 0 saturated carbocycles. The summed E-state index contributed by atoms with van der Waals surface area (Å²) in [6, 6.07) is 0. The first kappa shape index (κ1) is 9.11. The summed E-state index contributed by atoms with van der Waals surface area (Å²) >= 11 is 0. The molecular weight excluding hydrogens is 148 g/mol. The molecule has 12 heavy (non-hydrogen) atoms. The third kappa shape index (κ3) is 2.57. The average Bonchev–Trinajstić information content (AvgIpc) is 2.15. The first-order valence-electron chi connectivity index (χ1n) is 4.50. The molecule has 0 heterocycles. The van der Waals surface area contributed by atoms with Gasteiger partial charge in [0.15, 0.2) is 0 Å². The SMILES string of the molecule is CCCOC(C)=C1C=CC=CC1. The molecule has 0 spiro atoms. The monoisotopic (exact) mass is 164 g/mol. The van der Waals surface area contributed by atoms with Crippen LogP contribution in [0.4, 0.5) is 0 Å². The number of hydrogen-bond acceptors (Lipinski definition) is 1. The highest BCUT2D eigenvalue weighted by atomic mass is 16.5. The van der Waals surface area contributed by atoms with E-state index in [1.54, 1.807) is 0 Å². The number of ether oxygens (including phenoxy) is 1. The molecule has 1 aliphatic rings. The summed E-state index contributed by atoms with van der Waals surface area (Å²) in [5.74, 6) is 1.07. The molecule has 0 amide bonds. The second kappa shape index (κ2) is 4.81. The molecule has 0 saturated heterocycles. The Balaban J connectivity index is 2.51. The van der Waals surface area contributed by atoms with E-state index >= 15 is 0 Å². The van der Waals surface area contributed by atoms with E-state index in [1.807, 2.05) is 6.92 Å². The molecule has 0 aromatic carbocycles. The van der Waals surface area contributed by atoms with Crippen LogP contribution in [0.1, 0.15) is 26.7 Å². The van der Waals surface area contributed by atoms with Crippen LogP contribution in [0.3, 0.4) is 0 Å². The molecule has 1 rings (SSSR count). The van der Waals surface area contributed by atoms with Gasteiger partial charge in [0.25, 0.3) is 0 Å². The van der Waals surface area contributed by atoms with E-state index in [2.05, 4.69) is 31.2 Å². The lowest BCUT2D eigenvalue weighted by molar-refractivity contribution is 0.211. The summed E-state index contributed by atoms with van der Waals surface area (Å²) in [7, 11) is 0. The summed E-state index contributed by atoms with van der Waals surface area (Å²) in [6.45, 7) is 4.98. The molecule has 1 nitrogen and oxygen atoms in total. The fourth-order valence-corrected chi connectivity index (χ4v) is 1.12. The molecule has 0 fully saturated rings. The highest BCUT2D eigenvalue weighted by Crippen LogP contribution is 2.15. The van der Waals surface area contributed by atoms with E-state index in [1.165, 1.54) is 5.57 Å². The maximum absolute atomic E-state index is 5.53. The molecule has 1 heteroatoms. The Kier molecular flexibility index (Phi) is 3.65. The number of hydrogen-bond donors (Lipinski definition) is 0. The Labute approximate surface area is 74.4 Å². The third-order valence-electron chi connectivity index (χ3n) is 1.86. The number of allylic oxidation sites excluding steroid dienone is 6. The van der Waals surface area contributed by atoms with Crippen molar-refractivity contribution in [1.29, 1.82) is 0 Å². The van der Waals surface area contributed by atoms with Crippen LogP contribution in [0.25, 0.3) is 0 Å². The van der Waals surface area contributed by atoms with Gasteiger partial charge in [-0.05, 0) is 25.3 Å². The second-order valence-electron chi connectivity index (χ2n) is 2.92. The van der Waals surface area contributed by atoms with Crippen molar-refractivity contribution in [2.24, 2.45) is 0 Å². The lowest BCUT2D eigenvalue weighted by Crippen LogP contribution is -1.94. The standard InChI is InChI=1S/C11H16O/c1-3-9-12-10(2)11-7-5-4-6-8-11/h4-7H,3,8-9H2,1-2H3. The maximum Gasteiger partial charge on any atom is 0.0963 e. The van der Waals surface area contributed by atoms with E-state index in [4.69, 9.17) is 4.74 Å². The molecule has 0 atom stereocenters. The van der Waals surface area contributed by atoms with Gasteiger partial charge in [0.1, 0.15) is 0 Å². The Morgan fingerprint density at radius 2 is 2.33 bits per heavy atom. The first-order chi connectivity index (χ1) is 5.84. The zero-order valence-corrected chi connectivity index (χ0v) is 7.84. The molecule has 0 aromatic heterocycles. The minimum absolute atomic E-state index is 0.826. The largest absolute Gasteiger partial charge is 0.498 e. The van der Waals surface area contributed by atoms with Gasteiger partial charge < -0.3 is 4.74 Å². The second-order valence-corrected chi connectivity index (χ2v) is 2.92. The van der Waals surface area contributed by atoms with Crippen LogP contribution in [-0.2, 0) is 4.74 Å². The first-order valence-corrected chi connectivity index (χ1v) is 4.50. The van der Waals surface area contributed by atoms with E-state index in [9.17, 15) is 0 Å². The van der Waals surface area contributed by atoms with Crippen LogP contribution < -0.4 is 0 Å². The molecule has 0 bridgehead atoms. The van der Waals surface area contributed by atoms with E-state index < -0.39 is 0 Å². The van der Waals surface area contributed by atoms with Crippen LogP contribution in [0.15, 0.2) is 35.6 Å². The van der Waals surface area contributed by atoms with E-state index in [-0.39, 0.29) is 0 Å².